The van der Waals surface area contributed by atoms with Crippen molar-refractivity contribution in [2.45, 2.75) is 0 Å². The van der Waals surface area contributed by atoms with E-state index >= 15 is 0 Å². The molecule has 0 amide bonds. The molecule has 0 aliphatic rings. The molecule has 0 radical (unpaired) electrons. The van der Waals surface area contributed by atoms with Crippen molar-refractivity contribution in [3.05, 3.63) is 231 Å². The van der Waals surface area contributed by atoms with Crippen LogP contribution in [0.25, 0.3) is 129 Å². The van der Waals surface area contributed by atoms with E-state index in [2.05, 4.69) is 231 Å². The van der Waals surface area contributed by atoms with Gasteiger partial charge < -0.3 is 0 Å². The van der Waals surface area contributed by atoms with E-state index in [1.54, 1.807) is 0 Å². The molecule has 0 nitrogen and oxygen atoms in total. The van der Waals surface area contributed by atoms with Gasteiger partial charge in [-0.25, -0.2) is 0 Å². The highest BCUT2D eigenvalue weighted by atomic mass is 32.1. The first-order valence-electron chi connectivity index (χ1n) is 21.9. The van der Waals surface area contributed by atoms with Gasteiger partial charge in [-0.2, -0.15) is 0 Å². The van der Waals surface area contributed by atoms with Gasteiger partial charge in [0.2, 0.25) is 0 Å². The Morgan fingerprint density at radius 2 is 0.562 bits per heavy atom. The van der Waals surface area contributed by atoms with Crippen molar-refractivity contribution in [3.8, 4) is 66.8 Å². The van der Waals surface area contributed by atoms with Crippen molar-refractivity contribution < 1.29 is 0 Å². The molecule has 0 spiro atoms. The number of rotatable bonds is 6. The van der Waals surface area contributed by atoms with Crippen LogP contribution in [-0.2, 0) is 0 Å². The first-order valence-corrected chi connectivity index (χ1v) is 23.5. The molecule has 2 heterocycles. The molecule has 13 aromatic rings. The second kappa shape index (κ2) is 15.0. The van der Waals surface area contributed by atoms with Gasteiger partial charge in [0.05, 0.1) is 0 Å². The highest BCUT2D eigenvalue weighted by Crippen LogP contribution is 2.44. The number of benzene rings is 11. The van der Waals surface area contributed by atoms with E-state index in [-0.39, 0.29) is 0 Å². The maximum absolute atomic E-state index is 2.39. The summed E-state index contributed by atoms with van der Waals surface area (Å²) in [5.41, 5.74) is 14.6. The predicted molar refractivity (Wildman–Crippen MR) is 280 cm³/mol. The highest BCUT2D eigenvalue weighted by molar-refractivity contribution is 7.26. The lowest BCUT2D eigenvalue weighted by atomic mass is 9.89. The van der Waals surface area contributed by atoms with Crippen molar-refractivity contribution in [3.63, 3.8) is 0 Å². The summed E-state index contributed by atoms with van der Waals surface area (Å²) in [6, 6.07) is 85.6. The summed E-state index contributed by atoms with van der Waals surface area (Å²) >= 11 is 3.77. The van der Waals surface area contributed by atoms with E-state index < -0.39 is 0 Å². The smallest absolute Gasteiger partial charge is 0.0433 e. The topological polar surface area (TPSA) is 0 Å². The molecule has 64 heavy (non-hydrogen) atoms. The van der Waals surface area contributed by atoms with Crippen LogP contribution in [0.15, 0.2) is 231 Å². The van der Waals surface area contributed by atoms with Crippen molar-refractivity contribution in [1.82, 2.24) is 0 Å². The molecule has 298 valence electrons. The third kappa shape index (κ3) is 6.18. The van der Waals surface area contributed by atoms with E-state index in [9.17, 15) is 0 Å². The quantitative estimate of drug-likeness (QED) is 0.146. The summed E-state index contributed by atoms with van der Waals surface area (Å²) in [4.78, 5) is 0. The number of hydrogen-bond acceptors (Lipinski definition) is 2. The SMILES string of the molecule is c1cc(-c2cc(-c3cccc(-c4cccc5c4sc4ccccc45)c3)cc(-c3cccc(-c4cccc5c4sc4ccccc45)c3)c2)cc(-c2cc3ccccc3c3ccccc23)c1. The van der Waals surface area contributed by atoms with Crippen molar-refractivity contribution >= 4 is 84.6 Å². The van der Waals surface area contributed by atoms with Crippen molar-refractivity contribution in [2.75, 3.05) is 0 Å². The fraction of sp³-hybridized carbons (Fsp3) is 0. The zero-order valence-corrected chi connectivity index (χ0v) is 36.4. The van der Waals surface area contributed by atoms with Crippen LogP contribution in [0.1, 0.15) is 0 Å². The van der Waals surface area contributed by atoms with Gasteiger partial charge in [-0.05, 0) is 143 Å². The molecule has 0 fully saturated rings. The minimum atomic E-state index is 1.19. The zero-order valence-electron chi connectivity index (χ0n) is 34.8. The van der Waals surface area contributed by atoms with Gasteiger partial charge in [-0.15, -0.1) is 22.7 Å². The fourth-order valence-corrected chi connectivity index (χ4v) is 12.4. The second-order valence-electron chi connectivity index (χ2n) is 16.8. The van der Waals surface area contributed by atoms with Crippen LogP contribution < -0.4 is 0 Å². The molecule has 0 unspecified atom stereocenters. The molecular weight excluding hydrogens is 809 g/mol. The highest BCUT2D eigenvalue weighted by Gasteiger charge is 2.16. The number of hydrogen-bond donors (Lipinski definition) is 0. The average Bonchev–Trinajstić information content (AvgIpc) is 3.95. The Hall–Kier alpha value is -7.62. The molecule has 11 aromatic carbocycles. The number of thiophene rings is 2. The van der Waals surface area contributed by atoms with E-state index in [0.29, 0.717) is 0 Å². The van der Waals surface area contributed by atoms with E-state index in [0.717, 1.165) is 0 Å². The van der Waals surface area contributed by atoms with Crippen molar-refractivity contribution in [1.29, 1.82) is 0 Å². The Morgan fingerprint density at radius 1 is 0.203 bits per heavy atom. The van der Waals surface area contributed by atoms with Gasteiger partial charge in [0.1, 0.15) is 0 Å². The van der Waals surface area contributed by atoms with Crippen LogP contribution in [0, 0.1) is 0 Å². The molecule has 0 bridgehead atoms. The monoisotopic (exact) mass is 846 g/mol. The van der Waals surface area contributed by atoms with E-state index in [1.165, 1.54) is 129 Å². The molecule has 0 aliphatic heterocycles. The first-order chi connectivity index (χ1) is 31.7. The van der Waals surface area contributed by atoms with Gasteiger partial charge >= 0.3 is 0 Å². The molecule has 0 saturated carbocycles. The molecule has 2 aromatic heterocycles. The van der Waals surface area contributed by atoms with Crippen LogP contribution in [0.3, 0.4) is 0 Å². The molecule has 0 atom stereocenters. The Labute approximate surface area is 379 Å². The Bertz CT molecular complexity index is 3800. The van der Waals surface area contributed by atoms with Gasteiger partial charge in [-0.3, -0.25) is 0 Å². The third-order valence-electron chi connectivity index (χ3n) is 13.0. The second-order valence-corrected chi connectivity index (χ2v) is 18.9. The molecule has 13 rings (SSSR count). The van der Waals surface area contributed by atoms with Crippen LogP contribution in [0.2, 0.25) is 0 Å². The first kappa shape index (κ1) is 37.0. The molecule has 0 saturated heterocycles. The third-order valence-corrected chi connectivity index (χ3v) is 15.5. The normalized spacial score (nSPS) is 11.8. The summed E-state index contributed by atoms with van der Waals surface area (Å²) in [5, 5.41) is 10.4. The summed E-state index contributed by atoms with van der Waals surface area (Å²) < 4.78 is 5.31. The maximum atomic E-state index is 2.39. The van der Waals surface area contributed by atoms with Crippen molar-refractivity contribution in [2.24, 2.45) is 0 Å². The van der Waals surface area contributed by atoms with Gasteiger partial charge in [0.15, 0.2) is 0 Å². The zero-order chi connectivity index (χ0) is 42.1. The summed E-state index contributed by atoms with van der Waals surface area (Å²) in [5.74, 6) is 0. The van der Waals surface area contributed by atoms with E-state index in [4.69, 9.17) is 0 Å². The largest absolute Gasteiger partial charge is 0.135 e. The Balaban J connectivity index is 0.986. The summed E-state index contributed by atoms with van der Waals surface area (Å²) in [7, 11) is 0. The van der Waals surface area contributed by atoms with Crippen LogP contribution in [-0.4, -0.2) is 0 Å². The predicted octanol–water partition coefficient (Wildman–Crippen LogP) is 18.7. The Morgan fingerprint density at radius 3 is 1.08 bits per heavy atom. The van der Waals surface area contributed by atoms with Gasteiger partial charge in [0, 0.05) is 40.3 Å². The average molecular weight is 847 g/mol. The van der Waals surface area contributed by atoms with Crippen LogP contribution in [0.5, 0.6) is 0 Å². The lowest BCUT2D eigenvalue weighted by molar-refractivity contribution is 1.56. The molecule has 2 heteroatoms. The summed E-state index contributed by atoms with van der Waals surface area (Å²) in [6.07, 6.45) is 0. The minimum Gasteiger partial charge on any atom is -0.135 e. The van der Waals surface area contributed by atoms with Gasteiger partial charge in [-0.1, -0.05) is 176 Å². The van der Waals surface area contributed by atoms with Gasteiger partial charge in [0.25, 0.3) is 0 Å². The fourth-order valence-electron chi connectivity index (χ4n) is 9.97. The lowest BCUT2D eigenvalue weighted by Gasteiger charge is -2.15. The van der Waals surface area contributed by atoms with E-state index in [1.807, 2.05) is 22.7 Å². The summed E-state index contributed by atoms with van der Waals surface area (Å²) in [6.45, 7) is 0. The van der Waals surface area contributed by atoms with Crippen LogP contribution in [0.4, 0.5) is 0 Å². The lowest BCUT2D eigenvalue weighted by Crippen LogP contribution is -1.89. The number of fused-ring (bicyclic) bond motifs is 9. The Kier molecular flexibility index (Phi) is 8.69. The molecular formula is C62H38S2. The van der Waals surface area contributed by atoms with Crippen LogP contribution >= 0.6 is 22.7 Å². The molecule has 0 N–H and O–H groups in total. The maximum Gasteiger partial charge on any atom is 0.0433 e. The minimum absolute atomic E-state index is 1.19. The molecule has 0 aliphatic carbocycles. The standard InChI is InChI=1S/C62H38S2/c1-2-21-49-45(14-1)38-58(53-23-4-3-22-52(49)53)44-20-11-17-41(34-44)48-36-46(39-15-9-18-42(32-39)50-26-12-28-56-54-24-5-7-30-59(54)63-61(50)56)35-47(37-48)40-16-10-19-43(33-40)51-27-13-29-57-55-25-6-8-31-60(55)64-62(51)57/h1-38H.